The van der Waals surface area contributed by atoms with Crippen LogP contribution in [0.3, 0.4) is 0 Å². The van der Waals surface area contributed by atoms with E-state index in [1.54, 1.807) is 0 Å². The van der Waals surface area contributed by atoms with Gasteiger partial charge in [-0.15, -0.1) is 0 Å². The highest BCUT2D eigenvalue weighted by Crippen LogP contribution is 2.22. The molecule has 1 aromatic rings. The van der Waals surface area contributed by atoms with Crippen LogP contribution in [0.2, 0.25) is 0 Å². The lowest BCUT2D eigenvalue weighted by Gasteiger charge is -2.19. The van der Waals surface area contributed by atoms with Gasteiger partial charge in [0.25, 0.3) is 0 Å². The highest BCUT2D eigenvalue weighted by molar-refractivity contribution is 5.25. The minimum Gasteiger partial charge on any atom is -0.396 e. The summed E-state index contributed by atoms with van der Waals surface area (Å²) in [7, 11) is 0. The van der Waals surface area contributed by atoms with Gasteiger partial charge < -0.3 is 10.8 Å². The molecule has 0 amide bonds. The third kappa shape index (κ3) is 8.53. The fourth-order valence-electron chi connectivity index (χ4n) is 3.23. The molecule has 0 bridgehead atoms. The molecule has 132 valence electrons. The summed E-state index contributed by atoms with van der Waals surface area (Å²) in [4.78, 5) is 0. The topological polar surface area (TPSA) is 46.2 Å². The molecule has 0 aliphatic carbocycles. The van der Waals surface area contributed by atoms with E-state index in [1.807, 2.05) is 0 Å². The van der Waals surface area contributed by atoms with Gasteiger partial charge in [-0.25, -0.2) is 0 Å². The zero-order valence-corrected chi connectivity index (χ0v) is 15.3. The van der Waals surface area contributed by atoms with Crippen molar-refractivity contribution in [2.75, 3.05) is 6.61 Å². The lowest BCUT2D eigenvalue weighted by atomic mass is 9.92. The Balaban J connectivity index is 2.34. The number of unbranched alkanes of at least 4 members (excludes halogenated alkanes) is 5. The van der Waals surface area contributed by atoms with E-state index in [0.717, 1.165) is 19.3 Å². The Morgan fingerprint density at radius 1 is 0.913 bits per heavy atom. The summed E-state index contributed by atoms with van der Waals surface area (Å²) in [6, 6.07) is 8.86. The van der Waals surface area contributed by atoms with Crippen LogP contribution in [-0.2, 0) is 6.42 Å². The number of aliphatic hydroxyl groups is 1. The van der Waals surface area contributed by atoms with Crippen molar-refractivity contribution < 1.29 is 5.11 Å². The van der Waals surface area contributed by atoms with Gasteiger partial charge in [0.2, 0.25) is 0 Å². The van der Waals surface area contributed by atoms with Crippen LogP contribution in [0.4, 0.5) is 0 Å². The molecule has 1 aromatic carbocycles. The molecule has 2 heteroatoms. The predicted octanol–water partition coefficient (Wildman–Crippen LogP) is 5.39. The van der Waals surface area contributed by atoms with Gasteiger partial charge >= 0.3 is 0 Å². The van der Waals surface area contributed by atoms with E-state index < -0.39 is 0 Å². The second-order valence-corrected chi connectivity index (χ2v) is 6.94. The van der Waals surface area contributed by atoms with Crippen LogP contribution in [0, 0.1) is 5.92 Å². The molecule has 0 spiro atoms. The Kier molecular flexibility index (Phi) is 11.0. The summed E-state index contributed by atoms with van der Waals surface area (Å²) in [5.41, 5.74) is 8.93. The summed E-state index contributed by atoms with van der Waals surface area (Å²) >= 11 is 0. The minimum absolute atomic E-state index is 0.0433. The Labute approximate surface area is 143 Å². The normalized spacial score (nSPS) is 13.9. The van der Waals surface area contributed by atoms with Crippen molar-refractivity contribution in [2.45, 2.75) is 84.1 Å². The molecule has 0 aromatic heterocycles. The van der Waals surface area contributed by atoms with E-state index in [1.165, 1.54) is 56.1 Å². The SMILES string of the molecule is CCCCCCCCc1ccc(C(N)CC(CO)CCC)cc1. The van der Waals surface area contributed by atoms with Crippen molar-refractivity contribution in [3.05, 3.63) is 35.4 Å². The molecule has 0 heterocycles. The molecule has 2 nitrogen and oxygen atoms in total. The van der Waals surface area contributed by atoms with Crippen molar-refractivity contribution in [1.29, 1.82) is 0 Å². The number of hydrogen-bond acceptors (Lipinski definition) is 2. The average Bonchev–Trinajstić information content (AvgIpc) is 2.58. The van der Waals surface area contributed by atoms with E-state index in [9.17, 15) is 5.11 Å². The van der Waals surface area contributed by atoms with E-state index in [4.69, 9.17) is 5.73 Å². The molecule has 0 saturated carbocycles. The molecule has 2 atom stereocenters. The summed E-state index contributed by atoms with van der Waals surface area (Å²) in [5.74, 6) is 0.331. The Hall–Kier alpha value is -0.860. The minimum atomic E-state index is 0.0433. The fourth-order valence-corrected chi connectivity index (χ4v) is 3.23. The van der Waals surface area contributed by atoms with Crippen molar-refractivity contribution >= 4 is 0 Å². The Morgan fingerprint density at radius 2 is 1.57 bits per heavy atom. The largest absolute Gasteiger partial charge is 0.396 e. The highest BCUT2D eigenvalue weighted by atomic mass is 16.3. The van der Waals surface area contributed by atoms with Gasteiger partial charge in [-0.3, -0.25) is 0 Å². The second-order valence-electron chi connectivity index (χ2n) is 6.94. The maximum atomic E-state index is 9.42. The maximum absolute atomic E-state index is 9.42. The third-order valence-electron chi connectivity index (χ3n) is 4.77. The van der Waals surface area contributed by atoms with Crippen molar-refractivity contribution in [3.8, 4) is 0 Å². The van der Waals surface area contributed by atoms with Crippen LogP contribution in [0.25, 0.3) is 0 Å². The van der Waals surface area contributed by atoms with Crippen LogP contribution in [0.1, 0.15) is 88.8 Å². The van der Waals surface area contributed by atoms with Gasteiger partial charge in [-0.1, -0.05) is 76.6 Å². The number of benzene rings is 1. The number of aliphatic hydroxyl groups excluding tert-OH is 1. The molecule has 3 N–H and O–H groups in total. The number of aryl methyl sites for hydroxylation is 1. The predicted molar refractivity (Wildman–Crippen MR) is 101 cm³/mol. The molecule has 0 saturated heterocycles. The van der Waals surface area contributed by atoms with Crippen molar-refractivity contribution in [1.82, 2.24) is 0 Å². The van der Waals surface area contributed by atoms with Gasteiger partial charge in [-0.05, 0) is 42.7 Å². The zero-order valence-electron chi connectivity index (χ0n) is 15.3. The molecular formula is C21H37NO. The first-order valence-corrected chi connectivity index (χ1v) is 9.66. The molecule has 0 radical (unpaired) electrons. The van der Waals surface area contributed by atoms with Crippen molar-refractivity contribution in [3.63, 3.8) is 0 Å². The van der Waals surface area contributed by atoms with E-state index in [2.05, 4.69) is 38.1 Å². The number of nitrogens with two attached hydrogens (primary N) is 1. The number of rotatable bonds is 13. The van der Waals surface area contributed by atoms with E-state index in [0.29, 0.717) is 5.92 Å². The van der Waals surface area contributed by atoms with Gasteiger partial charge in [0, 0.05) is 12.6 Å². The first-order valence-electron chi connectivity index (χ1n) is 9.66. The van der Waals surface area contributed by atoms with Crippen LogP contribution in [0.15, 0.2) is 24.3 Å². The first-order chi connectivity index (χ1) is 11.2. The Bertz CT molecular complexity index is 387. The molecule has 23 heavy (non-hydrogen) atoms. The molecular weight excluding hydrogens is 282 g/mol. The summed E-state index contributed by atoms with van der Waals surface area (Å²) in [6.07, 6.45) is 12.3. The van der Waals surface area contributed by atoms with Gasteiger partial charge in [0.05, 0.1) is 0 Å². The second kappa shape index (κ2) is 12.5. The monoisotopic (exact) mass is 319 g/mol. The third-order valence-corrected chi connectivity index (χ3v) is 4.77. The van der Waals surface area contributed by atoms with Gasteiger partial charge in [0.15, 0.2) is 0 Å². The zero-order chi connectivity index (χ0) is 16.9. The standard InChI is InChI=1S/C21H37NO/c1-3-5-6-7-8-9-11-18-12-14-20(15-13-18)21(22)16-19(17-23)10-4-2/h12-15,19,21,23H,3-11,16-17,22H2,1-2H3. The molecule has 2 unspecified atom stereocenters. The number of hydrogen-bond donors (Lipinski definition) is 2. The molecule has 0 aliphatic heterocycles. The maximum Gasteiger partial charge on any atom is 0.0459 e. The average molecular weight is 320 g/mol. The van der Waals surface area contributed by atoms with Crippen molar-refractivity contribution in [2.24, 2.45) is 11.7 Å². The highest BCUT2D eigenvalue weighted by Gasteiger charge is 2.13. The lowest BCUT2D eigenvalue weighted by molar-refractivity contribution is 0.202. The van der Waals surface area contributed by atoms with Crippen LogP contribution >= 0.6 is 0 Å². The van der Waals surface area contributed by atoms with E-state index >= 15 is 0 Å². The molecule has 0 fully saturated rings. The molecule has 0 aliphatic rings. The van der Waals surface area contributed by atoms with Crippen LogP contribution < -0.4 is 5.73 Å². The van der Waals surface area contributed by atoms with Crippen LogP contribution in [-0.4, -0.2) is 11.7 Å². The Morgan fingerprint density at radius 3 is 2.17 bits per heavy atom. The van der Waals surface area contributed by atoms with E-state index in [-0.39, 0.29) is 12.6 Å². The summed E-state index contributed by atoms with van der Waals surface area (Å²) in [5, 5.41) is 9.42. The lowest BCUT2D eigenvalue weighted by Crippen LogP contribution is -2.17. The summed E-state index contributed by atoms with van der Waals surface area (Å²) in [6.45, 7) is 4.67. The van der Waals surface area contributed by atoms with Gasteiger partial charge in [-0.2, -0.15) is 0 Å². The fraction of sp³-hybridized carbons (Fsp3) is 0.714. The van der Waals surface area contributed by atoms with Crippen LogP contribution in [0.5, 0.6) is 0 Å². The summed E-state index contributed by atoms with van der Waals surface area (Å²) < 4.78 is 0. The smallest absolute Gasteiger partial charge is 0.0459 e. The van der Waals surface area contributed by atoms with Gasteiger partial charge in [0.1, 0.15) is 0 Å². The quantitative estimate of drug-likeness (QED) is 0.479. The molecule has 1 rings (SSSR count). The first kappa shape index (κ1) is 20.2.